The van der Waals surface area contributed by atoms with Gasteiger partial charge in [-0.1, -0.05) is 11.8 Å². The number of non-ortho nitro benzene ring substituents is 2. The Morgan fingerprint density at radius 1 is 0.973 bits per heavy atom. The number of nitrogens with one attached hydrogen (secondary N) is 1. The van der Waals surface area contributed by atoms with E-state index in [9.17, 15) is 25.0 Å². The zero-order valence-electron chi connectivity index (χ0n) is 19.8. The molecule has 0 bridgehead atoms. The number of nitro groups is 2. The van der Waals surface area contributed by atoms with E-state index in [1.165, 1.54) is 36.0 Å². The fourth-order valence-corrected chi connectivity index (χ4v) is 4.85. The largest absolute Gasteiger partial charge is 0.301 e. The highest BCUT2D eigenvalue weighted by Crippen LogP contribution is 2.38. The first kappa shape index (κ1) is 24.3. The molecule has 186 valence electrons. The number of nitro benzene ring substituents is 2. The molecule has 2 aromatic carbocycles. The standard InChI is InChI=1S/C25H20N6O5S/c1-29-12-16(11-14-3-7-17(8-4-14)30(33)34)22-19(13-29)20(15-5-9-18(10-6-15)31(35)36)21-23(26-22)27-25(37-2)28-24(21)32/h3-11H,12-13H2,1-2H3,(H,26,27,28,32)/b16-11+. The van der Waals surface area contributed by atoms with E-state index in [1.54, 1.807) is 30.5 Å². The van der Waals surface area contributed by atoms with E-state index < -0.39 is 9.85 Å². The molecule has 0 radical (unpaired) electrons. The lowest BCUT2D eigenvalue weighted by Gasteiger charge is -2.29. The van der Waals surface area contributed by atoms with Gasteiger partial charge < -0.3 is 4.98 Å². The Balaban J connectivity index is 1.78. The second kappa shape index (κ2) is 9.56. The lowest BCUT2D eigenvalue weighted by atomic mass is 9.90. The smallest absolute Gasteiger partial charge is 0.269 e. The van der Waals surface area contributed by atoms with Crippen molar-refractivity contribution in [1.29, 1.82) is 0 Å². The van der Waals surface area contributed by atoms with Crippen molar-refractivity contribution in [3.05, 3.63) is 95.9 Å². The van der Waals surface area contributed by atoms with Crippen LogP contribution in [0.15, 0.2) is 58.5 Å². The van der Waals surface area contributed by atoms with Crippen molar-refractivity contribution in [1.82, 2.24) is 19.9 Å². The summed E-state index contributed by atoms with van der Waals surface area (Å²) in [6.07, 6.45) is 3.72. The van der Waals surface area contributed by atoms with Crippen molar-refractivity contribution < 1.29 is 9.85 Å². The van der Waals surface area contributed by atoms with Crippen molar-refractivity contribution in [2.24, 2.45) is 0 Å². The Hall–Kier alpha value is -4.42. The molecule has 1 aliphatic heterocycles. The molecule has 11 nitrogen and oxygen atoms in total. The number of hydrogen-bond donors (Lipinski definition) is 1. The number of pyridine rings is 1. The van der Waals surface area contributed by atoms with Gasteiger partial charge in [-0.3, -0.25) is 29.9 Å². The summed E-state index contributed by atoms with van der Waals surface area (Å²) in [7, 11) is 1.94. The van der Waals surface area contributed by atoms with E-state index >= 15 is 0 Å². The summed E-state index contributed by atoms with van der Waals surface area (Å²) >= 11 is 1.29. The highest BCUT2D eigenvalue weighted by molar-refractivity contribution is 7.98. The maximum absolute atomic E-state index is 13.2. The van der Waals surface area contributed by atoms with Crippen LogP contribution in [0.1, 0.15) is 16.8 Å². The lowest BCUT2D eigenvalue weighted by molar-refractivity contribution is -0.385. The molecule has 0 amide bonds. The van der Waals surface area contributed by atoms with Crippen molar-refractivity contribution in [3.63, 3.8) is 0 Å². The number of likely N-dealkylation sites (N-methyl/N-ethyl adjacent to an activating group) is 1. The summed E-state index contributed by atoms with van der Waals surface area (Å²) in [5.41, 5.74) is 4.24. The van der Waals surface area contributed by atoms with Crippen molar-refractivity contribution in [2.45, 2.75) is 11.7 Å². The van der Waals surface area contributed by atoms with Crippen molar-refractivity contribution in [3.8, 4) is 11.1 Å². The number of thioether (sulfide) groups is 1. The normalized spacial score (nSPS) is 14.6. The minimum absolute atomic E-state index is 0.000842. The first-order valence-corrected chi connectivity index (χ1v) is 12.4. The predicted octanol–water partition coefficient (Wildman–Crippen LogP) is 4.51. The zero-order valence-corrected chi connectivity index (χ0v) is 20.6. The van der Waals surface area contributed by atoms with E-state index in [-0.39, 0.29) is 22.6 Å². The third kappa shape index (κ3) is 4.59. The molecule has 37 heavy (non-hydrogen) atoms. The maximum Gasteiger partial charge on any atom is 0.269 e. The third-order valence-corrected chi connectivity index (χ3v) is 6.69. The third-order valence-electron chi connectivity index (χ3n) is 6.11. The van der Waals surface area contributed by atoms with Crippen LogP contribution in [-0.4, -0.2) is 49.5 Å². The Morgan fingerprint density at radius 2 is 1.59 bits per heavy atom. The average molecular weight is 517 g/mol. The molecule has 0 aliphatic carbocycles. The predicted molar refractivity (Wildman–Crippen MR) is 141 cm³/mol. The van der Waals surface area contributed by atoms with Gasteiger partial charge in [0.2, 0.25) is 0 Å². The summed E-state index contributed by atoms with van der Waals surface area (Å²) in [6.45, 7) is 1.05. The zero-order chi connectivity index (χ0) is 26.3. The summed E-state index contributed by atoms with van der Waals surface area (Å²) in [6, 6.07) is 12.3. The van der Waals surface area contributed by atoms with Gasteiger partial charge in [0.1, 0.15) is 0 Å². The number of hydrogen-bond acceptors (Lipinski definition) is 9. The highest BCUT2D eigenvalue weighted by atomic mass is 32.2. The number of aromatic amines is 1. The minimum atomic E-state index is -0.470. The van der Waals surface area contributed by atoms with E-state index in [0.29, 0.717) is 40.5 Å². The number of H-pyrrole nitrogens is 1. The molecular formula is C25H20N6O5S. The van der Waals surface area contributed by atoms with Crippen molar-refractivity contribution >= 4 is 45.8 Å². The summed E-state index contributed by atoms with van der Waals surface area (Å²) in [4.78, 5) is 48.8. The van der Waals surface area contributed by atoms with Crippen LogP contribution < -0.4 is 5.56 Å². The van der Waals surface area contributed by atoms with Gasteiger partial charge in [0.15, 0.2) is 10.8 Å². The molecular weight excluding hydrogens is 496 g/mol. The Bertz CT molecular complexity index is 1650. The van der Waals surface area contributed by atoms with Crippen LogP contribution >= 0.6 is 11.8 Å². The van der Waals surface area contributed by atoms with Crippen LogP contribution in [-0.2, 0) is 6.54 Å². The van der Waals surface area contributed by atoms with Crippen LogP contribution in [0.25, 0.3) is 33.8 Å². The van der Waals surface area contributed by atoms with E-state index in [4.69, 9.17) is 4.98 Å². The highest BCUT2D eigenvalue weighted by Gasteiger charge is 2.27. The van der Waals surface area contributed by atoms with Gasteiger partial charge in [0.25, 0.3) is 16.9 Å². The molecule has 5 rings (SSSR count). The number of rotatable bonds is 5. The van der Waals surface area contributed by atoms with Crippen LogP contribution in [0.3, 0.4) is 0 Å². The number of nitrogens with zero attached hydrogens (tertiary/aromatic N) is 5. The SMILES string of the molecule is CSc1nc2nc3c(c(-c4ccc([N+](=O)[O-])cc4)c2c(=O)[nH]1)CN(C)C/C3=C\c1ccc([N+](=O)[O-])cc1. The molecule has 0 atom stereocenters. The summed E-state index contributed by atoms with van der Waals surface area (Å²) < 4.78 is 0. The van der Waals surface area contributed by atoms with Crippen LogP contribution in [0.5, 0.6) is 0 Å². The summed E-state index contributed by atoms with van der Waals surface area (Å²) in [5, 5.41) is 23.0. The quantitative estimate of drug-likeness (QED) is 0.175. The molecule has 1 N–H and O–H groups in total. The first-order valence-electron chi connectivity index (χ1n) is 11.1. The van der Waals surface area contributed by atoms with Crippen molar-refractivity contribution in [2.75, 3.05) is 19.8 Å². The Labute approximate surface area is 214 Å². The molecule has 0 unspecified atom stereocenters. The van der Waals surface area contributed by atoms with Crippen LogP contribution in [0.2, 0.25) is 0 Å². The average Bonchev–Trinajstić information content (AvgIpc) is 2.88. The molecule has 0 saturated carbocycles. The second-order valence-corrected chi connectivity index (χ2v) is 9.38. The van der Waals surface area contributed by atoms with Crippen LogP contribution in [0, 0.1) is 20.2 Å². The number of aromatic nitrogens is 3. The molecule has 0 spiro atoms. The summed E-state index contributed by atoms with van der Waals surface area (Å²) in [5.74, 6) is 0. The molecule has 12 heteroatoms. The van der Waals surface area contributed by atoms with E-state index in [0.717, 1.165) is 16.7 Å². The molecule has 2 aromatic heterocycles. The number of fused-ring (bicyclic) bond motifs is 2. The Morgan fingerprint density at radius 3 is 2.19 bits per heavy atom. The Kier molecular flexibility index (Phi) is 6.27. The molecule has 0 fully saturated rings. The monoisotopic (exact) mass is 516 g/mol. The van der Waals surface area contributed by atoms with E-state index in [2.05, 4.69) is 14.9 Å². The topological polar surface area (TPSA) is 148 Å². The maximum atomic E-state index is 13.2. The van der Waals surface area contributed by atoms with Gasteiger partial charge in [-0.25, -0.2) is 9.97 Å². The van der Waals surface area contributed by atoms with Gasteiger partial charge in [-0.2, -0.15) is 0 Å². The van der Waals surface area contributed by atoms with Gasteiger partial charge in [-0.05, 0) is 60.3 Å². The van der Waals surface area contributed by atoms with E-state index in [1.807, 2.05) is 13.1 Å². The van der Waals surface area contributed by atoms with Gasteiger partial charge in [0.05, 0.1) is 20.9 Å². The van der Waals surface area contributed by atoms with Crippen LogP contribution in [0.4, 0.5) is 11.4 Å². The fraction of sp³-hybridized carbons (Fsp3) is 0.160. The molecule has 4 aromatic rings. The van der Waals surface area contributed by atoms with Gasteiger partial charge >= 0.3 is 0 Å². The second-order valence-electron chi connectivity index (χ2n) is 8.58. The molecule has 1 aliphatic rings. The lowest BCUT2D eigenvalue weighted by Crippen LogP contribution is -2.28. The molecule has 0 saturated heterocycles. The minimum Gasteiger partial charge on any atom is -0.301 e. The van der Waals surface area contributed by atoms with Gasteiger partial charge in [-0.15, -0.1) is 0 Å². The first-order chi connectivity index (χ1) is 17.7. The molecule has 3 heterocycles. The number of benzene rings is 2. The van der Waals surface area contributed by atoms with Gasteiger partial charge in [0, 0.05) is 48.5 Å². The fourth-order valence-electron chi connectivity index (χ4n) is 4.47.